The van der Waals surface area contributed by atoms with E-state index in [1.807, 2.05) is 11.8 Å². The van der Waals surface area contributed by atoms with Gasteiger partial charge in [0.25, 0.3) is 0 Å². The van der Waals surface area contributed by atoms with Gasteiger partial charge in [-0.15, -0.1) is 0 Å². The summed E-state index contributed by atoms with van der Waals surface area (Å²) in [5.41, 5.74) is 0.576. The van der Waals surface area contributed by atoms with Crippen molar-refractivity contribution in [3.8, 4) is 5.75 Å². The standard InChI is InChI=1S/C19H30N2O4S2/c1-25-17-11-9-16(10-12-17)21(27(2,23)24)14-5-8-19(22)20-13-15-26-18-6-3-4-7-18/h9-12,18H,3-8,13-15H2,1-2H3,(H,20,22). The molecule has 1 fully saturated rings. The number of amides is 1. The van der Waals surface area contributed by atoms with Crippen LogP contribution in [0.3, 0.4) is 0 Å². The highest BCUT2D eigenvalue weighted by Crippen LogP contribution is 2.28. The number of thioether (sulfide) groups is 1. The lowest BCUT2D eigenvalue weighted by molar-refractivity contribution is -0.121. The van der Waals surface area contributed by atoms with Crippen molar-refractivity contribution in [2.24, 2.45) is 0 Å². The number of sulfonamides is 1. The highest BCUT2D eigenvalue weighted by atomic mass is 32.2. The lowest BCUT2D eigenvalue weighted by Crippen LogP contribution is -2.32. The molecule has 2 rings (SSSR count). The van der Waals surface area contributed by atoms with Crippen molar-refractivity contribution < 1.29 is 17.9 Å². The van der Waals surface area contributed by atoms with Crippen molar-refractivity contribution in [1.82, 2.24) is 5.32 Å². The van der Waals surface area contributed by atoms with Crippen LogP contribution in [-0.4, -0.2) is 51.8 Å². The Kier molecular flexibility index (Phi) is 8.76. The van der Waals surface area contributed by atoms with Crippen molar-refractivity contribution in [1.29, 1.82) is 0 Å². The van der Waals surface area contributed by atoms with Crippen LogP contribution in [0.25, 0.3) is 0 Å². The molecule has 1 amide bonds. The molecule has 27 heavy (non-hydrogen) atoms. The molecule has 1 aromatic rings. The van der Waals surface area contributed by atoms with Crippen LogP contribution < -0.4 is 14.4 Å². The number of carbonyl (C=O) groups is 1. The SMILES string of the molecule is COc1ccc(N(CCCC(=O)NCCSC2CCCC2)S(C)(=O)=O)cc1. The third kappa shape index (κ3) is 7.62. The Morgan fingerprint density at radius 1 is 1.26 bits per heavy atom. The summed E-state index contributed by atoms with van der Waals surface area (Å²) in [4.78, 5) is 12.0. The van der Waals surface area contributed by atoms with Crippen molar-refractivity contribution in [2.45, 2.75) is 43.8 Å². The van der Waals surface area contributed by atoms with Crippen LogP contribution >= 0.6 is 11.8 Å². The molecule has 0 spiro atoms. The van der Waals surface area contributed by atoms with E-state index in [9.17, 15) is 13.2 Å². The molecular formula is C19H30N2O4S2. The summed E-state index contributed by atoms with van der Waals surface area (Å²) in [6, 6.07) is 6.87. The number of nitrogens with zero attached hydrogens (tertiary/aromatic N) is 1. The average Bonchev–Trinajstić information content (AvgIpc) is 3.15. The van der Waals surface area contributed by atoms with Crippen molar-refractivity contribution in [3.63, 3.8) is 0 Å². The van der Waals surface area contributed by atoms with E-state index in [0.717, 1.165) is 11.0 Å². The van der Waals surface area contributed by atoms with Crippen LogP contribution in [0.4, 0.5) is 5.69 Å². The second kappa shape index (κ2) is 10.8. The van der Waals surface area contributed by atoms with Gasteiger partial charge in [-0.1, -0.05) is 12.8 Å². The third-order valence-electron chi connectivity index (χ3n) is 4.61. The fourth-order valence-corrected chi connectivity index (χ4v) is 5.36. The number of benzene rings is 1. The first-order valence-corrected chi connectivity index (χ1v) is 12.3. The van der Waals surface area contributed by atoms with Crippen LogP contribution in [0.1, 0.15) is 38.5 Å². The minimum absolute atomic E-state index is 0.0230. The molecule has 0 atom stereocenters. The number of carbonyl (C=O) groups excluding carboxylic acids is 1. The van der Waals surface area contributed by atoms with Crippen LogP contribution in [0.5, 0.6) is 5.75 Å². The first kappa shape index (κ1) is 21.9. The molecule has 1 N–H and O–H groups in total. The van der Waals surface area contributed by atoms with Gasteiger partial charge in [0.2, 0.25) is 15.9 Å². The summed E-state index contributed by atoms with van der Waals surface area (Å²) >= 11 is 1.95. The van der Waals surface area contributed by atoms with Crippen LogP contribution in [0.2, 0.25) is 0 Å². The molecule has 0 aromatic heterocycles. The first-order chi connectivity index (χ1) is 12.9. The number of rotatable bonds is 11. The van der Waals surface area contributed by atoms with E-state index >= 15 is 0 Å². The quantitative estimate of drug-likeness (QED) is 0.563. The van der Waals surface area contributed by atoms with Gasteiger partial charge in [-0.3, -0.25) is 9.10 Å². The monoisotopic (exact) mass is 414 g/mol. The number of nitrogens with one attached hydrogen (secondary N) is 1. The third-order valence-corrected chi connectivity index (χ3v) is 7.18. The Hall–Kier alpha value is -1.41. The maximum absolute atomic E-state index is 12.1. The number of hydrogen-bond donors (Lipinski definition) is 1. The summed E-state index contributed by atoms with van der Waals surface area (Å²) < 4.78 is 30.6. The predicted molar refractivity (Wildman–Crippen MR) is 112 cm³/mol. The highest BCUT2D eigenvalue weighted by Gasteiger charge is 2.18. The zero-order chi connectivity index (χ0) is 19.7. The van der Waals surface area contributed by atoms with E-state index in [1.165, 1.54) is 36.2 Å². The normalized spacial score (nSPS) is 14.9. The molecule has 1 aliphatic carbocycles. The maximum Gasteiger partial charge on any atom is 0.232 e. The van der Waals surface area contributed by atoms with E-state index in [0.29, 0.717) is 30.8 Å². The van der Waals surface area contributed by atoms with Crippen molar-refractivity contribution in [3.05, 3.63) is 24.3 Å². The molecule has 152 valence electrons. The zero-order valence-electron chi connectivity index (χ0n) is 16.1. The Morgan fingerprint density at radius 3 is 2.52 bits per heavy atom. The molecule has 1 aliphatic rings. The molecule has 1 aromatic carbocycles. The number of hydrogen-bond acceptors (Lipinski definition) is 5. The van der Waals surface area contributed by atoms with Crippen molar-refractivity contribution in [2.75, 3.05) is 36.5 Å². The van der Waals surface area contributed by atoms with E-state index < -0.39 is 10.0 Å². The summed E-state index contributed by atoms with van der Waals surface area (Å²) in [6.45, 7) is 0.948. The van der Waals surface area contributed by atoms with Crippen LogP contribution in [-0.2, 0) is 14.8 Å². The Bertz CT molecular complexity index is 686. The van der Waals surface area contributed by atoms with Gasteiger partial charge in [0.15, 0.2) is 0 Å². The van der Waals surface area contributed by atoms with Gasteiger partial charge in [0.1, 0.15) is 5.75 Å². The molecule has 6 nitrogen and oxygen atoms in total. The summed E-state index contributed by atoms with van der Waals surface area (Å²) in [6.07, 6.45) is 7.22. The minimum Gasteiger partial charge on any atom is -0.497 e. The molecule has 0 aliphatic heterocycles. The molecule has 0 heterocycles. The number of methoxy groups -OCH3 is 1. The fourth-order valence-electron chi connectivity index (χ4n) is 3.18. The van der Waals surface area contributed by atoms with Gasteiger partial charge in [0, 0.05) is 30.5 Å². The summed E-state index contributed by atoms with van der Waals surface area (Å²) in [5.74, 6) is 1.59. The van der Waals surface area contributed by atoms with E-state index in [4.69, 9.17) is 4.74 Å². The van der Waals surface area contributed by atoms with Crippen LogP contribution in [0, 0.1) is 0 Å². The van der Waals surface area contributed by atoms with E-state index in [1.54, 1.807) is 31.4 Å². The maximum atomic E-state index is 12.1. The number of ether oxygens (including phenoxy) is 1. The summed E-state index contributed by atoms with van der Waals surface area (Å²) in [5, 5.41) is 3.69. The molecule has 8 heteroatoms. The van der Waals surface area contributed by atoms with Gasteiger partial charge < -0.3 is 10.1 Å². The molecule has 0 radical (unpaired) electrons. The van der Waals surface area contributed by atoms with Gasteiger partial charge >= 0.3 is 0 Å². The Morgan fingerprint density at radius 2 is 1.93 bits per heavy atom. The molecular weight excluding hydrogens is 384 g/mol. The predicted octanol–water partition coefficient (Wildman–Crippen LogP) is 3.03. The smallest absolute Gasteiger partial charge is 0.232 e. The second-order valence-corrected chi connectivity index (χ2v) is 10.1. The van der Waals surface area contributed by atoms with Gasteiger partial charge in [0.05, 0.1) is 19.1 Å². The average molecular weight is 415 g/mol. The lowest BCUT2D eigenvalue weighted by atomic mass is 10.2. The highest BCUT2D eigenvalue weighted by molar-refractivity contribution is 7.99. The lowest BCUT2D eigenvalue weighted by Gasteiger charge is -2.22. The zero-order valence-corrected chi connectivity index (χ0v) is 17.8. The van der Waals surface area contributed by atoms with Crippen LogP contribution in [0.15, 0.2) is 24.3 Å². The van der Waals surface area contributed by atoms with E-state index in [-0.39, 0.29) is 12.5 Å². The Labute approximate surface area is 167 Å². The second-order valence-electron chi connectivity index (χ2n) is 6.76. The molecule has 0 saturated heterocycles. The topological polar surface area (TPSA) is 75.7 Å². The Balaban J connectivity index is 1.73. The largest absolute Gasteiger partial charge is 0.497 e. The van der Waals surface area contributed by atoms with Gasteiger partial charge in [-0.25, -0.2) is 8.42 Å². The molecule has 1 saturated carbocycles. The molecule has 0 unspecified atom stereocenters. The van der Waals surface area contributed by atoms with Crippen molar-refractivity contribution >= 4 is 33.4 Å². The first-order valence-electron chi connectivity index (χ1n) is 9.40. The molecule has 0 bridgehead atoms. The van der Waals surface area contributed by atoms with E-state index in [2.05, 4.69) is 5.32 Å². The summed E-state index contributed by atoms with van der Waals surface area (Å²) in [7, 11) is -1.84. The fraction of sp³-hybridized carbons (Fsp3) is 0.632. The minimum atomic E-state index is -3.41. The number of anilines is 1. The van der Waals surface area contributed by atoms with Gasteiger partial charge in [-0.2, -0.15) is 11.8 Å². The van der Waals surface area contributed by atoms with Gasteiger partial charge in [-0.05, 0) is 43.5 Å².